The van der Waals surface area contributed by atoms with Gasteiger partial charge in [0.1, 0.15) is 5.82 Å². The van der Waals surface area contributed by atoms with E-state index in [4.69, 9.17) is 0 Å². The minimum absolute atomic E-state index is 0.0844. The Morgan fingerprint density at radius 1 is 1.77 bits per heavy atom. The van der Waals surface area contributed by atoms with Crippen molar-refractivity contribution in [2.45, 2.75) is 13.5 Å². The number of nitrogens with one attached hydrogen (secondary N) is 2. The molecule has 2 N–H and O–H groups in total. The van der Waals surface area contributed by atoms with Gasteiger partial charge in [0, 0.05) is 26.0 Å². The second-order valence-electron chi connectivity index (χ2n) is 2.73. The summed E-state index contributed by atoms with van der Waals surface area (Å²) in [5.41, 5.74) is 0. The van der Waals surface area contributed by atoms with Crippen molar-refractivity contribution in [3.8, 4) is 0 Å². The van der Waals surface area contributed by atoms with E-state index in [1.807, 2.05) is 6.92 Å². The molecule has 2 amide bonds. The lowest BCUT2D eigenvalue weighted by Gasteiger charge is -2.15. The summed E-state index contributed by atoms with van der Waals surface area (Å²) >= 11 is 0. The summed E-state index contributed by atoms with van der Waals surface area (Å²) in [6, 6.07) is -0.0844. The van der Waals surface area contributed by atoms with Gasteiger partial charge in [0.15, 0.2) is 0 Å². The number of urea groups is 1. The van der Waals surface area contributed by atoms with E-state index in [2.05, 4.69) is 15.3 Å². The van der Waals surface area contributed by atoms with Gasteiger partial charge < -0.3 is 15.2 Å². The zero-order valence-corrected chi connectivity index (χ0v) is 7.87. The Morgan fingerprint density at radius 2 is 2.54 bits per heavy atom. The second kappa shape index (κ2) is 4.49. The molecule has 1 aromatic rings. The molecule has 0 fully saturated rings. The summed E-state index contributed by atoms with van der Waals surface area (Å²) in [4.78, 5) is 19.8. The van der Waals surface area contributed by atoms with Crippen LogP contribution in [0.2, 0.25) is 0 Å². The summed E-state index contributed by atoms with van der Waals surface area (Å²) in [6.07, 6.45) is 3.40. The highest BCUT2D eigenvalue weighted by Crippen LogP contribution is 1.95. The van der Waals surface area contributed by atoms with E-state index < -0.39 is 0 Å². The van der Waals surface area contributed by atoms with Crippen molar-refractivity contribution in [3.05, 3.63) is 18.2 Å². The lowest BCUT2D eigenvalue weighted by atomic mass is 10.5. The van der Waals surface area contributed by atoms with Gasteiger partial charge in [0.25, 0.3) is 0 Å². The summed E-state index contributed by atoms with van der Waals surface area (Å²) in [5, 5.41) is 2.70. The molecule has 5 nitrogen and oxygen atoms in total. The predicted octanol–water partition coefficient (Wildman–Crippen LogP) is 0.571. The maximum absolute atomic E-state index is 11.2. The van der Waals surface area contributed by atoms with Gasteiger partial charge in [-0.3, -0.25) is 0 Å². The van der Waals surface area contributed by atoms with E-state index in [0.29, 0.717) is 13.1 Å². The summed E-state index contributed by atoms with van der Waals surface area (Å²) in [6.45, 7) is 3.03. The number of carbonyl (C=O) groups excluding carboxylic acids is 1. The molecule has 0 aliphatic rings. The molecule has 1 aromatic heterocycles. The van der Waals surface area contributed by atoms with Crippen molar-refractivity contribution in [1.29, 1.82) is 0 Å². The van der Waals surface area contributed by atoms with E-state index in [0.717, 1.165) is 5.82 Å². The molecule has 1 heterocycles. The fraction of sp³-hybridized carbons (Fsp3) is 0.500. The molecule has 0 bridgehead atoms. The monoisotopic (exact) mass is 182 g/mol. The number of hydrogen-bond acceptors (Lipinski definition) is 2. The van der Waals surface area contributed by atoms with Gasteiger partial charge in [-0.25, -0.2) is 9.78 Å². The Kier molecular flexibility index (Phi) is 3.31. The van der Waals surface area contributed by atoms with E-state index in [-0.39, 0.29) is 6.03 Å². The summed E-state index contributed by atoms with van der Waals surface area (Å²) < 4.78 is 0. The molecule has 0 saturated heterocycles. The smallest absolute Gasteiger partial charge is 0.317 e. The number of hydrogen-bond donors (Lipinski definition) is 2. The van der Waals surface area contributed by atoms with Gasteiger partial charge in [0.05, 0.1) is 6.54 Å². The minimum Gasteiger partial charge on any atom is -0.347 e. The maximum Gasteiger partial charge on any atom is 0.317 e. The van der Waals surface area contributed by atoms with Crippen molar-refractivity contribution in [2.75, 3.05) is 13.6 Å². The van der Waals surface area contributed by atoms with Crippen molar-refractivity contribution in [1.82, 2.24) is 20.2 Å². The van der Waals surface area contributed by atoms with E-state index >= 15 is 0 Å². The topological polar surface area (TPSA) is 61.0 Å². The van der Waals surface area contributed by atoms with Crippen LogP contribution >= 0.6 is 0 Å². The number of aromatic amines is 1. The molecule has 0 radical (unpaired) electrons. The highest BCUT2D eigenvalue weighted by Gasteiger charge is 2.07. The van der Waals surface area contributed by atoms with E-state index in [1.165, 1.54) is 0 Å². The predicted molar refractivity (Wildman–Crippen MR) is 49.1 cm³/mol. The lowest BCUT2D eigenvalue weighted by molar-refractivity contribution is 0.206. The average Bonchev–Trinajstić information content (AvgIpc) is 2.57. The molecule has 0 saturated carbocycles. The van der Waals surface area contributed by atoms with Gasteiger partial charge in [-0.1, -0.05) is 0 Å². The average molecular weight is 182 g/mol. The number of carbonyl (C=O) groups is 1. The van der Waals surface area contributed by atoms with Gasteiger partial charge in [0.2, 0.25) is 0 Å². The Balaban J connectivity index is 2.41. The SMILES string of the molecule is CCNC(=O)N(C)Cc1ncc[nH]1. The van der Waals surface area contributed by atoms with Crippen LogP contribution in [-0.4, -0.2) is 34.5 Å². The van der Waals surface area contributed by atoms with Gasteiger partial charge in [-0.05, 0) is 6.92 Å². The zero-order valence-electron chi connectivity index (χ0n) is 7.87. The molecule has 0 aromatic carbocycles. The molecule has 1 rings (SSSR count). The van der Waals surface area contributed by atoms with Crippen LogP contribution in [-0.2, 0) is 6.54 Å². The van der Waals surface area contributed by atoms with Gasteiger partial charge in [-0.2, -0.15) is 0 Å². The number of imidazole rings is 1. The van der Waals surface area contributed by atoms with Crippen LogP contribution in [0.1, 0.15) is 12.7 Å². The Bertz CT molecular complexity index is 257. The molecular formula is C8H14N4O. The van der Waals surface area contributed by atoms with Crippen LogP contribution in [0.15, 0.2) is 12.4 Å². The molecule has 0 atom stereocenters. The Labute approximate surface area is 77.2 Å². The number of aromatic nitrogens is 2. The van der Waals surface area contributed by atoms with Crippen molar-refractivity contribution < 1.29 is 4.79 Å². The quantitative estimate of drug-likeness (QED) is 0.718. The van der Waals surface area contributed by atoms with Crippen LogP contribution in [0, 0.1) is 0 Å². The summed E-state index contributed by atoms with van der Waals surface area (Å²) in [5.74, 6) is 0.786. The highest BCUT2D eigenvalue weighted by atomic mass is 16.2. The molecule has 0 unspecified atom stereocenters. The fourth-order valence-electron chi connectivity index (χ4n) is 0.967. The largest absolute Gasteiger partial charge is 0.347 e. The maximum atomic E-state index is 11.2. The van der Waals surface area contributed by atoms with Crippen LogP contribution in [0.3, 0.4) is 0 Å². The first-order valence-corrected chi connectivity index (χ1v) is 4.21. The zero-order chi connectivity index (χ0) is 9.68. The molecule has 72 valence electrons. The van der Waals surface area contributed by atoms with E-state index in [1.54, 1.807) is 24.3 Å². The lowest BCUT2D eigenvalue weighted by Crippen LogP contribution is -2.36. The van der Waals surface area contributed by atoms with Crippen LogP contribution in [0.4, 0.5) is 4.79 Å². The normalized spacial score (nSPS) is 9.69. The van der Waals surface area contributed by atoms with Crippen LogP contribution in [0.5, 0.6) is 0 Å². The standard InChI is InChI=1S/C8H14N4O/c1-3-9-8(13)12(2)6-7-10-4-5-11-7/h4-5H,3,6H2,1-2H3,(H,9,13)(H,10,11). The van der Waals surface area contributed by atoms with Gasteiger partial charge >= 0.3 is 6.03 Å². The van der Waals surface area contributed by atoms with Crippen molar-refractivity contribution in [2.24, 2.45) is 0 Å². The second-order valence-corrected chi connectivity index (χ2v) is 2.73. The third-order valence-corrected chi connectivity index (χ3v) is 1.62. The third kappa shape index (κ3) is 2.77. The molecule has 0 aliphatic heterocycles. The van der Waals surface area contributed by atoms with Crippen LogP contribution in [0.25, 0.3) is 0 Å². The summed E-state index contributed by atoms with van der Waals surface area (Å²) in [7, 11) is 1.73. The molecule has 5 heteroatoms. The first kappa shape index (κ1) is 9.57. The number of amides is 2. The minimum atomic E-state index is -0.0844. The first-order chi connectivity index (χ1) is 6.24. The van der Waals surface area contributed by atoms with E-state index in [9.17, 15) is 4.79 Å². The molecular weight excluding hydrogens is 168 g/mol. The number of H-pyrrole nitrogens is 1. The van der Waals surface area contributed by atoms with Gasteiger partial charge in [-0.15, -0.1) is 0 Å². The first-order valence-electron chi connectivity index (χ1n) is 4.21. The van der Waals surface area contributed by atoms with Crippen molar-refractivity contribution in [3.63, 3.8) is 0 Å². The molecule has 0 spiro atoms. The molecule has 13 heavy (non-hydrogen) atoms. The Hall–Kier alpha value is -1.52. The molecule has 0 aliphatic carbocycles. The van der Waals surface area contributed by atoms with Crippen LogP contribution < -0.4 is 5.32 Å². The highest BCUT2D eigenvalue weighted by molar-refractivity contribution is 5.73. The fourth-order valence-corrected chi connectivity index (χ4v) is 0.967. The Morgan fingerprint density at radius 3 is 3.08 bits per heavy atom. The number of nitrogens with zero attached hydrogens (tertiary/aromatic N) is 2. The third-order valence-electron chi connectivity index (χ3n) is 1.62. The van der Waals surface area contributed by atoms with Crippen molar-refractivity contribution >= 4 is 6.03 Å². The number of rotatable bonds is 3.